The highest BCUT2D eigenvalue weighted by Gasteiger charge is 2.15. The maximum Gasteiger partial charge on any atom is 0.331 e. The quantitative estimate of drug-likeness (QED) is 0.344. The summed E-state index contributed by atoms with van der Waals surface area (Å²) in [5.74, 6) is -0.897. The first-order valence-electron chi connectivity index (χ1n) is 6.86. The summed E-state index contributed by atoms with van der Waals surface area (Å²) in [6, 6.07) is 7.77. The smallest absolute Gasteiger partial charge is 0.331 e. The summed E-state index contributed by atoms with van der Waals surface area (Å²) in [5.41, 5.74) is 0.895. The maximum atomic E-state index is 11.7. The van der Waals surface area contributed by atoms with Crippen LogP contribution in [0.5, 0.6) is 0 Å². The number of nitrogens with one attached hydrogen (secondary N) is 1. The van der Waals surface area contributed by atoms with Gasteiger partial charge in [-0.1, -0.05) is 12.1 Å². The van der Waals surface area contributed by atoms with Crippen LogP contribution >= 0.6 is 11.8 Å². The first-order valence-corrected chi connectivity index (χ1v) is 8.08. The minimum atomic E-state index is -0.840. The van der Waals surface area contributed by atoms with Gasteiger partial charge in [0.05, 0.1) is 6.61 Å². The van der Waals surface area contributed by atoms with Crippen LogP contribution in [0.4, 0.5) is 0 Å². The molecule has 5 nitrogen and oxygen atoms in total. The normalized spacial score (nSPS) is 12.1. The van der Waals surface area contributed by atoms with E-state index < -0.39 is 12.1 Å². The van der Waals surface area contributed by atoms with Gasteiger partial charge < -0.3 is 14.8 Å². The highest BCUT2D eigenvalue weighted by atomic mass is 32.2. The molecule has 1 aromatic carbocycles. The van der Waals surface area contributed by atoms with Crippen molar-refractivity contribution in [3.05, 3.63) is 35.9 Å². The predicted octanol–water partition coefficient (Wildman–Crippen LogP) is 2.12. The lowest BCUT2D eigenvalue weighted by atomic mass is 10.2. The molecular weight excluding hydrogens is 302 g/mol. The van der Waals surface area contributed by atoms with Crippen molar-refractivity contribution in [1.82, 2.24) is 5.32 Å². The average molecular weight is 323 g/mol. The largest absolute Gasteiger partial charge is 0.449 e. The van der Waals surface area contributed by atoms with E-state index in [-0.39, 0.29) is 5.91 Å². The van der Waals surface area contributed by atoms with Gasteiger partial charge in [-0.2, -0.15) is 0 Å². The van der Waals surface area contributed by atoms with Gasteiger partial charge in [0.15, 0.2) is 6.10 Å². The summed E-state index contributed by atoms with van der Waals surface area (Å²) in [6.45, 7) is 2.33. The van der Waals surface area contributed by atoms with Gasteiger partial charge in [-0.25, -0.2) is 4.79 Å². The van der Waals surface area contributed by atoms with Gasteiger partial charge in [0.2, 0.25) is 0 Å². The molecule has 1 rings (SSSR count). The van der Waals surface area contributed by atoms with Crippen molar-refractivity contribution in [3.63, 3.8) is 0 Å². The second-order valence-corrected chi connectivity index (χ2v) is 5.35. The van der Waals surface area contributed by atoms with Crippen LogP contribution in [-0.2, 0) is 19.1 Å². The van der Waals surface area contributed by atoms with Gasteiger partial charge in [-0.3, -0.25) is 4.79 Å². The third-order valence-corrected chi connectivity index (χ3v) is 3.54. The molecule has 0 aliphatic carbocycles. The number of carbonyl (C=O) groups is 2. The number of amides is 1. The molecular formula is C16H21NO4S. The van der Waals surface area contributed by atoms with Crippen LogP contribution in [0.25, 0.3) is 6.08 Å². The highest BCUT2D eigenvalue weighted by Crippen LogP contribution is 2.15. The Bertz CT molecular complexity index is 513. The van der Waals surface area contributed by atoms with Crippen molar-refractivity contribution in [3.8, 4) is 0 Å². The first-order chi connectivity index (χ1) is 10.6. The van der Waals surface area contributed by atoms with Crippen LogP contribution in [0, 0.1) is 0 Å². The molecule has 0 saturated heterocycles. The van der Waals surface area contributed by atoms with Crippen molar-refractivity contribution in [2.75, 3.05) is 26.5 Å². The Morgan fingerprint density at radius 1 is 1.32 bits per heavy atom. The number of hydrogen-bond acceptors (Lipinski definition) is 5. The van der Waals surface area contributed by atoms with E-state index in [9.17, 15) is 9.59 Å². The van der Waals surface area contributed by atoms with Gasteiger partial charge in [0, 0.05) is 24.6 Å². The third-order valence-electron chi connectivity index (χ3n) is 2.80. The molecule has 0 aliphatic heterocycles. The Kier molecular flexibility index (Phi) is 8.32. The van der Waals surface area contributed by atoms with Crippen LogP contribution < -0.4 is 5.32 Å². The monoisotopic (exact) mass is 323 g/mol. The average Bonchev–Trinajstić information content (AvgIpc) is 2.53. The Hall–Kier alpha value is -1.79. The van der Waals surface area contributed by atoms with Crippen molar-refractivity contribution in [2.45, 2.75) is 17.9 Å². The maximum absolute atomic E-state index is 11.7. The van der Waals surface area contributed by atoms with E-state index in [0.29, 0.717) is 13.2 Å². The zero-order chi connectivity index (χ0) is 16.4. The fourth-order valence-electron chi connectivity index (χ4n) is 1.57. The summed E-state index contributed by atoms with van der Waals surface area (Å²) >= 11 is 1.65. The fraction of sp³-hybridized carbons (Fsp3) is 0.375. The Labute approximate surface area is 135 Å². The molecule has 0 unspecified atom stereocenters. The Balaban J connectivity index is 2.43. The number of rotatable bonds is 8. The van der Waals surface area contributed by atoms with E-state index >= 15 is 0 Å². The molecule has 0 heterocycles. The first kappa shape index (κ1) is 18.3. The molecule has 0 aromatic heterocycles. The number of ether oxygens (including phenoxy) is 2. The number of carbonyl (C=O) groups excluding carboxylic acids is 2. The standard InChI is InChI=1S/C16H21NO4S/c1-12(16(19)17-10-11-20-2)21-15(18)9-6-13-4-7-14(22-3)8-5-13/h4-9,12H,10-11H2,1-3H3,(H,17,19)/b9-6+/t12-/m1/s1. The second-order valence-electron chi connectivity index (χ2n) is 4.47. The predicted molar refractivity (Wildman–Crippen MR) is 87.7 cm³/mol. The van der Waals surface area contributed by atoms with E-state index in [1.54, 1.807) is 24.9 Å². The third kappa shape index (κ3) is 6.78. The molecule has 22 heavy (non-hydrogen) atoms. The van der Waals surface area contributed by atoms with Crippen LogP contribution in [0.15, 0.2) is 35.2 Å². The molecule has 0 radical (unpaired) electrons. The molecule has 1 amide bonds. The zero-order valence-corrected chi connectivity index (χ0v) is 13.8. The molecule has 0 aliphatic rings. The molecule has 0 saturated carbocycles. The van der Waals surface area contributed by atoms with Gasteiger partial charge in [0.1, 0.15) is 0 Å². The Morgan fingerprint density at radius 2 is 2.00 bits per heavy atom. The fourth-order valence-corrected chi connectivity index (χ4v) is 1.97. The number of benzene rings is 1. The van der Waals surface area contributed by atoms with E-state index in [4.69, 9.17) is 9.47 Å². The van der Waals surface area contributed by atoms with Gasteiger partial charge in [-0.15, -0.1) is 11.8 Å². The van der Waals surface area contributed by atoms with E-state index in [2.05, 4.69) is 5.32 Å². The van der Waals surface area contributed by atoms with Crippen molar-refractivity contribution < 1.29 is 19.1 Å². The van der Waals surface area contributed by atoms with Gasteiger partial charge >= 0.3 is 5.97 Å². The lowest BCUT2D eigenvalue weighted by molar-refractivity contribution is -0.150. The van der Waals surface area contributed by atoms with Crippen LogP contribution in [0.1, 0.15) is 12.5 Å². The minimum Gasteiger partial charge on any atom is -0.449 e. The molecule has 6 heteroatoms. The Morgan fingerprint density at radius 3 is 2.59 bits per heavy atom. The molecule has 1 aromatic rings. The topological polar surface area (TPSA) is 64.6 Å². The minimum absolute atomic E-state index is 0.344. The zero-order valence-electron chi connectivity index (χ0n) is 13.0. The number of hydrogen-bond donors (Lipinski definition) is 1. The SMILES string of the molecule is COCCNC(=O)[C@@H](C)OC(=O)/C=C/c1ccc(SC)cc1. The van der Waals surface area contributed by atoms with Gasteiger partial charge in [-0.05, 0) is 37.0 Å². The van der Waals surface area contributed by atoms with Crippen LogP contribution in [-0.4, -0.2) is 44.5 Å². The van der Waals surface area contributed by atoms with Crippen LogP contribution in [0.3, 0.4) is 0 Å². The molecule has 0 bridgehead atoms. The number of esters is 1. The van der Waals surface area contributed by atoms with E-state index in [1.807, 2.05) is 30.5 Å². The van der Waals surface area contributed by atoms with E-state index in [0.717, 1.165) is 10.5 Å². The van der Waals surface area contributed by atoms with Crippen molar-refractivity contribution in [2.24, 2.45) is 0 Å². The summed E-state index contributed by atoms with van der Waals surface area (Å²) in [7, 11) is 1.55. The summed E-state index contributed by atoms with van der Waals surface area (Å²) < 4.78 is 9.85. The molecule has 120 valence electrons. The van der Waals surface area contributed by atoms with E-state index in [1.165, 1.54) is 13.0 Å². The molecule has 0 spiro atoms. The summed E-state index contributed by atoms with van der Waals surface area (Å²) in [4.78, 5) is 24.4. The number of methoxy groups -OCH3 is 1. The molecule has 1 N–H and O–H groups in total. The summed E-state index contributed by atoms with van der Waals surface area (Å²) in [5, 5.41) is 2.61. The second kappa shape index (κ2) is 10.0. The van der Waals surface area contributed by atoms with Crippen molar-refractivity contribution >= 4 is 29.7 Å². The van der Waals surface area contributed by atoms with Crippen LogP contribution in [0.2, 0.25) is 0 Å². The lowest BCUT2D eigenvalue weighted by Crippen LogP contribution is -2.37. The highest BCUT2D eigenvalue weighted by molar-refractivity contribution is 7.98. The molecule has 1 atom stereocenters. The van der Waals surface area contributed by atoms with Crippen molar-refractivity contribution in [1.29, 1.82) is 0 Å². The summed E-state index contributed by atoms with van der Waals surface area (Å²) in [6.07, 6.45) is 4.13. The number of thioether (sulfide) groups is 1. The molecule has 0 fully saturated rings. The lowest BCUT2D eigenvalue weighted by Gasteiger charge is -2.11. The van der Waals surface area contributed by atoms with Gasteiger partial charge in [0.25, 0.3) is 5.91 Å².